The van der Waals surface area contributed by atoms with Gasteiger partial charge < -0.3 is 19.9 Å². The lowest BCUT2D eigenvalue weighted by atomic mass is 10.1. The van der Waals surface area contributed by atoms with Crippen LogP contribution in [0.4, 0.5) is 0 Å². The van der Waals surface area contributed by atoms with Crippen LogP contribution in [0.1, 0.15) is 60.3 Å². The van der Waals surface area contributed by atoms with Crippen LogP contribution in [0.3, 0.4) is 0 Å². The van der Waals surface area contributed by atoms with E-state index in [1.165, 1.54) is 18.9 Å². The molecule has 4 nitrogen and oxygen atoms in total. The highest BCUT2D eigenvalue weighted by molar-refractivity contribution is 6.79. The Morgan fingerprint density at radius 2 is 1.64 bits per heavy atom. The average Bonchev–Trinajstić information content (AvgIpc) is 2.54. The summed E-state index contributed by atoms with van der Waals surface area (Å²) in [7, 11) is -2.02. The maximum Gasteiger partial charge on any atom is 0.215 e. The highest BCUT2D eigenvalue weighted by Crippen LogP contribution is 2.48. The summed E-state index contributed by atoms with van der Waals surface area (Å²) in [5, 5.41) is 3.55. The first-order valence-corrected chi connectivity index (χ1v) is 15.6. The van der Waals surface area contributed by atoms with Gasteiger partial charge in [0.2, 0.25) is 8.32 Å². The fourth-order valence-corrected chi connectivity index (χ4v) is 10.3. The van der Waals surface area contributed by atoms with Crippen molar-refractivity contribution in [2.45, 2.75) is 96.2 Å². The summed E-state index contributed by atoms with van der Waals surface area (Å²) in [6.07, 6.45) is 4.60. The standard InChI is InChI=1S/C19H46N2O2Si2/c1-10-13-18(3,4)25(9,17-12-15-21-16-14-20)23-19(5,11-2)24(7,8)22-6/h21H,10-17,20H2,1-9H3. The molecule has 0 radical (unpaired) electrons. The molecule has 0 spiro atoms. The Hall–Kier alpha value is 0.274. The van der Waals surface area contributed by atoms with Gasteiger partial charge in [0.25, 0.3) is 0 Å². The lowest BCUT2D eigenvalue weighted by Crippen LogP contribution is -2.62. The molecular formula is C19H46N2O2Si2. The molecule has 0 aliphatic carbocycles. The van der Waals surface area contributed by atoms with Crippen molar-refractivity contribution in [1.82, 2.24) is 5.32 Å². The number of hydrogen-bond acceptors (Lipinski definition) is 4. The molecule has 0 bridgehead atoms. The molecule has 0 heterocycles. The molecule has 0 rings (SSSR count). The number of rotatable bonds is 14. The maximum absolute atomic E-state index is 7.18. The van der Waals surface area contributed by atoms with Gasteiger partial charge in [0.1, 0.15) is 0 Å². The monoisotopic (exact) mass is 390 g/mol. The molecule has 0 saturated carbocycles. The van der Waals surface area contributed by atoms with Crippen molar-refractivity contribution in [3.63, 3.8) is 0 Å². The van der Waals surface area contributed by atoms with Gasteiger partial charge in [-0.15, -0.1) is 0 Å². The van der Waals surface area contributed by atoms with Crippen LogP contribution in [-0.2, 0) is 8.85 Å². The minimum absolute atomic E-state index is 0.140. The largest absolute Gasteiger partial charge is 0.418 e. The second-order valence-corrected chi connectivity index (χ2v) is 17.9. The summed E-state index contributed by atoms with van der Waals surface area (Å²) in [5.41, 5.74) is 5.58. The lowest BCUT2D eigenvalue weighted by molar-refractivity contribution is 0.111. The van der Waals surface area contributed by atoms with E-state index in [2.05, 4.69) is 59.6 Å². The van der Waals surface area contributed by atoms with Crippen LogP contribution in [0.15, 0.2) is 0 Å². The first kappa shape index (κ1) is 25.3. The predicted molar refractivity (Wildman–Crippen MR) is 116 cm³/mol. The van der Waals surface area contributed by atoms with Crippen molar-refractivity contribution < 1.29 is 8.85 Å². The fourth-order valence-electron chi connectivity index (χ4n) is 3.53. The van der Waals surface area contributed by atoms with Crippen molar-refractivity contribution in [3.05, 3.63) is 0 Å². The van der Waals surface area contributed by atoms with Crippen molar-refractivity contribution in [2.75, 3.05) is 26.7 Å². The molecule has 6 heteroatoms. The van der Waals surface area contributed by atoms with E-state index in [1.807, 2.05) is 7.11 Å². The summed E-state index contributed by atoms with van der Waals surface area (Å²) >= 11 is 0. The minimum Gasteiger partial charge on any atom is -0.418 e. The summed E-state index contributed by atoms with van der Waals surface area (Å²) in [4.78, 5) is 0. The van der Waals surface area contributed by atoms with Crippen molar-refractivity contribution in [1.29, 1.82) is 0 Å². The van der Waals surface area contributed by atoms with Crippen LogP contribution in [0.25, 0.3) is 0 Å². The van der Waals surface area contributed by atoms with Crippen molar-refractivity contribution in [2.24, 2.45) is 5.73 Å². The number of hydrogen-bond donors (Lipinski definition) is 2. The summed E-state index contributed by atoms with van der Waals surface area (Å²) in [6.45, 7) is 21.3. The molecule has 152 valence electrons. The first-order valence-electron chi connectivity index (χ1n) is 10.1. The smallest absolute Gasteiger partial charge is 0.215 e. The molecule has 0 aromatic heterocycles. The van der Waals surface area contributed by atoms with Gasteiger partial charge in [0.15, 0.2) is 8.32 Å². The van der Waals surface area contributed by atoms with Crippen LogP contribution in [-0.4, -0.2) is 48.6 Å². The van der Waals surface area contributed by atoms with Crippen LogP contribution >= 0.6 is 0 Å². The van der Waals surface area contributed by atoms with Gasteiger partial charge in [-0.2, -0.15) is 0 Å². The second-order valence-electron chi connectivity index (χ2n) is 8.91. The molecule has 2 atom stereocenters. The third-order valence-corrected chi connectivity index (χ3v) is 16.1. The highest BCUT2D eigenvalue weighted by atomic mass is 28.4. The molecular weight excluding hydrogens is 344 g/mol. The zero-order chi connectivity index (χ0) is 19.8. The van der Waals surface area contributed by atoms with Crippen molar-refractivity contribution in [3.8, 4) is 0 Å². The summed E-state index contributed by atoms with van der Waals surface area (Å²) in [6, 6.07) is 1.18. The Kier molecular flexibility index (Phi) is 10.7. The van der Waals surface area contributed by atoms with Gasteiger partial charge in [-0.1, -0.05) is 34.1 Å². The third kappa shape index (κ3) is 6.74. The molecule has 0 aliphatic heterocycles. The van der Waals surface area contributed by atoms with Crippen LogP contribution in [0, 0.1) is 0 Å². The predicted octanol–water partition coefficient (Wildman–Crippen LogP) is 4.66. The molecule has 0 aromatic carbocycles. The molecule has 3 N–H and O–H groups in total. The van der Waals surface area contributed by atoms with E-state index in [0.717, 1.165) is 25.9 Å². The van der Waals surface area contributed by atoms with Crippen molar-refractivity contribution >= 4 is 16.6 Å². The number of nitrogens with two attached hydrogens (primary N) is 1. The van der Waals surface area contributed by atoms with E-state index < -0.39 is 16.6 Å². The Balaban J connectivity index is 5.43. The molecule has 2 unspecified atom stereocenters. The third-order valence-electron chi connectivity index (χ3n) is 6.54. The van der Waals surface area contributed by atoms with E-state index in [-0.39, 0.29) is 10.3 Å². The fraction of sp³-hybridized carbons (Fsp3) is 1.00. The molecule has 0 aromatic rings. The van der Waals surface area contributed by atoms with Crippen LogP contribution in [0.2, 0.25) is 30.7 Å². The van der Waals surface area contributed by atoms with Gasteiger partial charge in [-0.3, -0.25) is 0 Å². The molecule has 25 heavy (non-hydrogen) atoms. The highest BCUT2D eigenvalue weighted by Gasteiger charge is 2.53. The molecule has 0 aliphatic rings. The van der Waals surface area contributed by atoms with Gasteiger partial charge in [0.05, 0.1) is 5.22 Å². The molecule has 0 amide bonds. The minimum atomic E-state index is -1.96. The van der Waals surface area contributed by atoms with E-state index in [0.29, 0.717) is 6.54 Å². The van der Waals surface area contributed by atoms with Gasteiger partial charge in [-0.25, -0.2) is 0 Å². The topological polar surface area (TPSA) is 56.5 Å². The second kappa shape index (κ2) is 10.6. The van der Waals surface area contributed by atoms with E-state index in [9.17, 15) is 0 Å². The lowest BCUT2D eigenvalue weighted by Gasteiger charge is -2.51. The van der Waals surface area contributed by atoms with E-state index in [4.69, 9.17) is 14.6 Å². The van der Waals surface area contributed by atoms with Crippen LogP contribution in [0.5, 0.6) is 0 Å². The van der Waals surface area contributed by atoms with Gasteiger partial charge >= 0.3 is 0 Å². The summed E-state index contributed by atoms with van der Waals surface area (Å²) < 4.78 is 13.2. The Morgan fingerprint density at radius 1 is 1.04 bits per heavy atom. The Morgan fingerprint density at radius 3 is 2.08 bits per heavy atom. The SMILES string of the molecule is CCCC(C)(C)[Si](C)(CCCNCCN)OC(C)(CC)[Si](C)(C)OC. The molecule has 0 fully saturated rings. The van der Waals surface area contributed by atoms with Crippen LogP contribution < -0.4 is 11.1 Å². The van der Waals surface area contributed by atoms with E-state index in [1.54, 1.807) is 0 Å². The van der Waals surface area contributed by atoms with E-state index >= 15 is 0 Å². The average molecular weight is 391 g/mol. The maximum atomic E-state index is 7.18. The summed E-state index contributed by atoms with van der Waals surface area (Å²) in [5.74, 6) is 0. The van der Waals surface area contributed by atoms with Gasteiger partial charge in [-0.05, 0) is 63.5 Å². The molecule has 0 saturated heterocycles. The quantitative estimate of drug-likeness (QED) is 0.335. The Labute approximate surface area is 159 Å². The zero-order valence-electron chi connectivity index (χ0n) is 18.6. The number of nitrogens with one attached hydrogen (secondary N) is 1. The first-order chi connectivity index (χ1) is 11.4. The Bertz CT molecular complexity index is 380. The van der Waals surface area contributed by atoms with Gasteiger partial charge in [0, 0.05) is 20.2 Å². The zero-order valence-corrected chi connectivity index (χ0v) is 20.6. The normalized spacial score (nSPS) is 18.0.